The van der Waals surface area contributed by atoms with Crippen LogP contribution in [-0.4, -0.2) is 180 Å². The number of carbonyl (C=O) groups excluding carboxylic acids is 10. The minimum atomic E-state index is -1.09. The summed E-state index contributed by atoms with van der Waals surface area (Å²) in [6.45, 7) is 9.78. The lowest BCUT2D eigenvalue weighted by Gasteiger charge is -2.25. The van der Waals surface area contributed by atoms with Crippen LogP contribution < -0.4 is 46.7 Å². The molecule has 6 heterocycles. The molecule has 28 heteroatoms. The number of likely N-dealkylation sites (N-methyl/N-ethyl adjacent to an activating group) is 2. The minimum Gasteiger partial charge on any atom is -0.492 e. The van der Waals surface area contributed by atoms with Gasteiger partial charge in [0.05, 0.1) is 10.4 Å². The molecule has 98 heavy (non-hydrogen) atoms. The van der Waals surface area contributed by atoms with Crippen LogP contribution in [0.15, 0.2) is 96.4 Å². The second-order valence-electron chi connectivity index (χ2n) is 25.2. The zero-order chi connectivity index (χ0) is 69.7. The molecule has 3 aromatic heterocycles. The Morgan fingerprint density at radius 3 is 2.16 bits per heavy atom. The van der Waals surface area contributed by atoms with Gasteiger partial charge >= 0.3 is 18.2 Å². The van der Waals surface area contributed by atoms with Crippen molar-refractivity contribution in [3.8, 4) is 11.5 Å². The Balaban J connectivity index is 0.700. The van der Waals surface area contributed by atoms with E-state index >= 15 is 0 Å². The number of nitrogens with two attached hydrogens (primary N) is 1. The number of amides is 11. The van der Waals surface area contributed by atoms with Crippen molar-refractivity contribution in [2.75, 3.05) is 94.5 Å². The van der Waals surface area contributed by atoms with E-state index in [1.807, 2.05) is 30.5 Å². The van der Waals surface area contributed by atoms with Crippen LogP contribution in [-0.2, 0) is 35.3 Å². The van der Waals surface area contributed by atoms with Gasteiger partial charge in [-0.25, -0.2) is 14.4 Å². The van der Waals surface area contributed by atoms with Gasteiger partial charge < -0.3 is 71.2 Å². The lowest BCUT2D eigenvalue weighted by molar-refractivity contribution is -0.137. The van der Waals surface area contributed by atoms with Crippen LogP contribution in [0.25, 0.3) is 31.9 Å². The fourth-order valence-corrected chi connectivity index (χ4v) is 13.4. The number of rotatable bonds is 30. The number of nitrogens with one attached hydrogen (secondary N) is 7. The highest BCUT2D eigenvalue weighted by atomic mass is 35.5. The molecule has 11 amide bonds. The van der Waals surface area contributed by atoms with Crippen molar-refractivity contribution >= 4 is 131 Å². The highest BCUT2D eigenvalue weighted by Gasteiger charge is 2.38. The van der Waals surface area contributed by atoms with E-state index < -0.39 is 42.1 Å². The van der Waals surface area contributed by atoms with Gasteiger partial charge in [0.2, 0.25) is 17.7 Å². The molecule has 10 rings (SSSR count). The molecule has 3 aliphatic heterocycles. The number of hydrogen-bond acceptors (Lipinski definition) is 15. The van der Waals surface area contributed by atoms with E-state index in [4.69, 9.17) is 31.5 Å². The number of nitrogens with zero attached hydrogens (tertiary/aromatic N) is 5. The molecule has 26 nitrogen and oxygen atoms in total. The number of benzene rings is 4. The van der Waals surface area contributed by atoms with Gasteiger partial charge in [0.25, 0.3) is 23.6 Å². The van der Waals surface area contributed by atoms with E-state index in [1.54, 1.807) is 86.5 Å². The van der Waals surface area contributed by atoms with Crippen molar-refractivity contribution in [1.29, 1.82) is 0 Å². The van der Waals surface area contributed by atoms with Crippen molar-refractivity contribution in [1.82, 2.24) is 45.5 Å². The van der Waals surface area contributed by atoms with Gasteiger partial charge in [-0.3, -0.25) is 43.4 Å². The SMILES string of the molecule is Cc1csc2c(OC(=O)N(C)CCN(C)C(=O)OCc3ccc(NC(=O)[C@H](CCCNC(N)=O)NC(=O)[C@@H](NC(=O)CCCCCN4C(=O)C=CC4=O)C(C)C)cc3)cc3c(c12)[C@H](CCl)CN3C(=O)c1cc2cc(NC(=O)c3cc4cc(OCCN5CCCC5)ccc4[nH]3)ccc2[nH]1. The van der Waals surface area contributed by atoms with E-state index in [0.29, 0.717) is 75.5 Å². The number of alkyl halides is 1. The van der Waals surface area contributed by atoms with E-state index in [0.717, 1.165) is 57.7 Å². The molecular weight excluding hydrogens is 1300 g/mol. The molecule has 4 aromatic carbocycles. The van der Waals surface area contributed by atoms with Crippen LogP contribution in [0.1, 0.15) is 109 Å². The molecule has 3 aliphatic rings. The number of halogens is 1. The van der Waals surface area contributed by atoms with Crippen molar-refractivity contribution in [2.24, 2.45) is 11.7 Å². The van der Waals surface area contributed by atoms with Crippen molar-refractivity contribution in [3.63, 3.8) is 0 Å². The molecule has 1 fully saturated rings. The molecule has 3 atom stereocenters. The van der Waals surface area contributed by atoms with E-state index in [-0.39, 0.29) is 112 Å². The molecule has 0 saturated carbocycles. The topological polar surface area (TPSA) is 332 Å². The van der Waals surface area contributed by atoms with Gasteiger partial charge in [0, 0.05) is 128 Å². The molecule has 0 radical (unpaired) electrons. The number of carbonyl (C=O) groups is 10. The first-order valence-corrected chi connectivity index (χ1v) is 34.2. The minimum absolute atomic E-state index is 0.0600. The number of aryl methyl sites for hydroxylation is 1. The molecule has 9 N–H and O–H groups in total. The van der Waals surface area contributed by atoms with Crippen molar-refractivity contribution in [3.05, 3.63) is 124 Å². The smallest absolute Gasteiger partial charge is 0.415 e. The summed E-state index contributed by atoms with van der Waals surface area (Å²) in [6.07, 6.45) is 5.51. The maximum absolute atomic E-state index is 14.7. The number of likely N-dealkylation sites (tertiary alicyclic amines) is 1. The Morgan fingerprint density at radius 2 is 1.45 bits per heavy atom. The van der Waals surface area contributed by atoms with Crippen LogP contribution in [0.4, 0.5) is 31.4 Å². The Morgan fingerprint density at radius 1 is 0.765 bits per heavy atom. The van der Waals surface area contributed by atoms with Crippen LogP contribution in [0.5, 0.6) is 11.5 Å². The summed E-state index contributed by atoms with van der Waals surface area (Å²) >= 11 is 8.06. The van der Waals surface area contributed by atoms with Crippen LogP contribution in [0.2, 0.25) is 0 Å². The molecule has 0 spiro atoms. The number of thiophene rings is 1. The molecule has 518 valence electrons. The van der Waals surface area contributed by atoms with E-state index in [9.17, 15) is 47.9 Å². The predicted molar refractivity (Wildman–Crippen MR) is 374 cm³/mol. The Hall–Kier alpha value is -9.99. The van der Waals surface area contributed by atoms with Gasteiger partial charge in [0.1, 0.15) is 42.4 Å². The van der Waals surface area contributed by atoms with Crippen LogP contribution in [0, 0.1) is 12.8 Å². The molecule has 7 aromatic rings. The number of primary amides is 1. The largest absolute Gasteiger partial charge is 0.492 e. The first kappa shape index (κ1) is 70.8. The van der Waals surface area contributed by atoms with Crippen LogP contribution >= 0.6 is 22.9 Å². The van der Waals surface area contributed by atoms with Gasteiger partial charge in [-0.2, -0.15) is 0 Å². The van der Waals surface area contributed by atoms with Gasteiger partial charge in [0.15, 0.2) is 5.75 Å². The van der Waals surface area contributed by atoms with Gasteiger partial charge in [-0.1, -0.05) is 32.4 Å². The van der Waals surface area contributed by atoms with Crippen LogP contribution in [0.3, 0.4) is 0 Å². The lowest BCUT2D eigenvalue weighted by atomic mass is 9.97. The Labute approximate surface area is 575 Å². The fraction of sp³-hybridized carbons (Fsp3) is 0.400. The molecule has 0 bridgehead atoms. The molecule has 0 aliphatic carbocycles. The first-order chi connectivity index (χ1) is 47.1. The third kappa shape index (κ3) is 17.6. The summed E-state index contributed by atoms with van der Waals surface area (Å²) in [4.78, 5) is 145. The number of H-pyrrole nitrogens is 2. The third-order valence-corrected chi connectivity index (χ3v) is 19.1. The first-order valence-electron chi connectivity index (χ1n) is 32.8. The summed E-state index contributed by atoms with van der Waals surface area (Å²) in [5, 5.41) is 18.2. The number of anilines is 3. The highest BCUT2D eigenvalue weighted by molar-refractivity contribution is 7.17. The zero-order valence-corrected chi connectivity index (χ0v) is 57.0. The Kier molecular flexibility index (Phi) is 23.4. The maximum atomic E-state index is 14.7. The number of hydrogen-bond donors (Lipinski definition) is 8. The standard InChI is InChI=1S/C70H82ClN13O13S/c1-41(2)62(79-57(85)13-7-6-8-27-83-58(86)22-23-59(83)87)66(90)78-52(12-11-24-73-68(72)92)64(88)74-47-16-14-43(15-17-47)39-96-69(93)80(4)28-29-81(5)70(94)97-56-36-55-61(60-42(3)40-98-63(56)60)46(37-71)38-84(55)67(91)54-35-44-32-48(18-20-50(44)77-54)75-65(89)53-34-45-33-49(19-21-51(45)76-53)95-31-30-82-25-9-10-26-82/h14-23,32-36,40-41,46,52,62,76-77H,6-13,24-31,37-39H2,1-5H3,(H,74,88)(H,75,89)(H,78,90)(H,79,85)(H3,72,73,92)/t46-,52+,62+/m1/s1. The number of unbranched alkanes of at least 4 members (excludes halogenated alkanes) is 2. The number of ether oxygens (including phenoxy) is 3. The number of aromatic amines is 2. The number of fused-ring (bicyclic) bond motifs is 5. The monoisotopic (exact) mass is 1380 g/mol. The van der Waals surface area contributed by atoms with Crippen molar-refractivity contribution < 1.29 is 62.2 Å². The summed E-state index contributed by atoms with van der Waals surface area (Å²) in [5.74, 6) is -2.30. The predicted octanol–water partition coefficient (Wildman–Crippen LogP) is 9.08. The second kappa shape index (κ2) is 32.4. The lowest BCUT2D eigenvalue weighted by Crippen LogP contribution is -2.54. The maximum Gasteiger partial charge on any atom is 0.415 e. The van der Waals surface area contributed by atoms with Gasteiger partial charge in [-0.05, 0) is 147 Å². The second-order valence-corrected chi connectivity index (χ2v) is 26.4. The average Bonchev–Trinajstić information content (AvgIpc) is 1.57. The van der Waals surface area contributed by atoms with Gasteiger partial charge in [-0.15, -0.1) is 22.9 Å². The summed E-state index contributed by atoms with van der Waals surface area (Å²) in [6, 6.07) is 20.0. The third-order valence-electron chi connectivity index (χ3n) is 17.6. The fourth-order valence-electron chi connectivity index (χ4n) is 12.1. The Bertz CT molecular complexity index is 4160. The molecule has 0 unspecified atom stereocenters. The van der Waals surface area contributed by atoms with Crippen molar-refractivity contribution in [2.45, 2.75) is 96.7 Å². The normalized spacial score (nSPS) is 15.0. The van der Waals surface area contributed by atoms with E-state index in [1.165, 1.54) is 53.2 Å². The quantitative estimate of drug-likeness (QED) is 0.0118. The molecule has 1 saturated heterocycles. The number of urea groups is 1. The summed E-state index contributed by atoms with van der Waals surface area (Å²) in [7, 11) is 3.07. The van der Waals surface area contributed by atoms with E-state index in [2.05, 4.69) is 41.5 Å². The number of aromatic nitrogens is 2. The number of imide groups is 1. The summed E-state index contributed by atoms with van der Waals surface area (Å²) in [5.41, 5.74) is 11.3. The molecular formula is C70H82ClN13O13S. The average molecular weight is 1380 g/mol. The highest BCUT2D eigenvalue weighted by Crippen LogP contribution is 2.49. The zero-order valence-electron chi connectivity index (χ0n) is 55.4. The summed E-state index contributed by atoms with van der Waals surface area (Å²) < 4.78 is 18.5.